The van der Waals surface area contributed by atoms with Crippen molar-refractivity contribution in [2.75, 3.05) is 0 Å². The van der Waals surface area contributed by atoms with Gasteiger partial charge in [0.15, 0.2) is 0 Å². The van der Waals surface area contributed by atoms with Crippen LogP contribution >= 0.6 is 0 Å². The molecule has 3 heteroatoms. The van der Waals surface area contributed by atoms with Gasteiger partial charge in [0, 0.05) is 18.7 Å². The number of hydrogen-bond donors (Lipinski definition) is 1. The molecule has 1 heterocycles. The van der Waals surface area contributed by atoms with Crippen molar-refractivity contribution < 1.29 is 5.11 Å². The van der Waals surface area contributed by atoms with Crippen LogP contribution in [-0.4, -0.2) is 14.9 Å². The topological polar surface area (TPSA) is 38.0 Å². The van der Waals surface area contributed by atoms with E-state index in [2.05, 4.69) is 44.9 Å². The predicted molar refractivity (Wildman–Crippen MR) is 81.9 cm³/mol. The molecule has 0 spiro atoms. The average molecular weight is 272 g/mol. The van der Waals surface area contributed by atoms with Crippen LogP contribution in [0.2, 0.25) is 0 Å². The molecule has 0 fully saturated rings. The van der Waals surface area contributed by atoms with Crippen LogP contribution in [0.3, 0.4) is 0 Å². The molecular weight excluding hydrogens is 248 g/mol. The highest BCUT2D eigenvalue weighted by Gasteiger charge is 2.15. The highest BCUT2D eigenvalue weighted by molar-refractivity contribution is 5.35. The van der Waals surface area contributed by atoms with E-state index < -0.39 is 6.10 Å². The first-order valence-electron chi connectivity index (χ1n) is 7.36. The normalized spacial score (nSPS) is 12.7. The highest BCUT2D eigenvalue weighted by Crippen LogP contribution is 2.24. The second-order valence-corrected chi connectivity index (χ2v) is 5.31. The average Bonchev–Trinajstić information content (AvgIpc) is 2.84. The number of aliphatic hydroxyl groups is 1. The summed E-state index contributed by atoms with van der Waals surface area (Å²) in [6, 6.07) is 8.21. The van der Waals surface area contributed by atoms with Gasteiger partial charge < -0.3 is 5.11 Å². The smallest absolute Gasteiger partial charge is 0.0847 e. The molecule has 1 aromatic carbocycles. The summed E-state index contributed by atoms with van der Waals surface area (Å²) in [5.74, 6) is 0. The maximum atomic E-state index is 10.5. The molecule has 0 amide bonds. The Hall–Kier alpha value is -1.61. The van der Waals surface area contributed by atoms with Crippen molar-refractivity contribution >= 4 is 0 Å². The van der Waals surface area contributed by atoms with Gasteiger partial charge in [-0.1, -0.05) is 25.1 Å². The number of aromatic nitrogens is 2. The molecule has 0 saturated heterocycles. The summed E-state index contributed by atoms with van der Waals surface area (Å²) < 4.78 is 1.99. The largest absolute Gasteiger partial charge is 0.388 e. The number of aliphatic hydroxyl groups excluding tert-OH is 1. The Balaban J connectivity index is 2.25. The van der Waals surface area contributed by atoms with Crippen molar-refractivity contribution in [1.29, 1.82) is 0 Å². The first-order chi connectivity index (χ1) is 9.56. The van der Waals surface area contributed by atoms with E-state index in [0.717, 1.165) is 29.9 Å². The lowest BCUT2D eigenvalue weighted by Gasteiger charge is -2.15. The fraction of sp³-hybridized carbons (Fsp3) is 0.471. The summed E-state index contributed by atoms with van der Waals surface area (Å²) in [6.45, 7) is 9.18. The first kappa shape index (κ1) is 14.8. The van der Waals surface area contributed by atoms with E-state index in [1.165, 1.54) is 11.1 Å². The summed E-state index contributed by atoms with van der Waals surface area (Å²) in [6.07, 6.45) is 1.08. The number of aryl methyl sites for hydroxylation is 3. The van der Waals surface area contributed by atoms with Crippen molar-refractivity contribution in [3.63, 3.8) is 0 Å². The molecule has 108 valence electrons. The molecule has 0 aliphatic carbocycles. The second-order valence-electron chi connectivity index (χ2n) is 5.31. The molecule has 0 bridgehead atoms. The summed E-state index contributed by atoms with van der Waals surface area (Å²) in [5, 5.41) is 15.1. The van der Waals surface area contributed by atoms with Gasteiger partial charge in [-0.25, -0.2) is 0 Å². The third-order valence-corrected chi connectivity index (χ3v) is 3.98. The molecule has 0 radical (unpaired) electrons. The van der Waals surface area contributed by atoms with Gasteiger partial charge >= 0.3 is 0 Å². The molecule has 1 unspecified atom stereocenters. The molecule has 3 nitrogen and oxygen atoms in total. The Kier molecular flexibility index (Phi) is 4.61. The monoisotopic (exact) mass is 272 g/mol. The van der Waals surface area contributed by atoms with Crippen molar-refractivity contribution in [2.24, 2.45) is 0 Å². The summed E-state index contributed by atoms with van der Waals surface area (Å²) in [4.78, 5) is 0. The van der Waals surface area contributed by atoms with Crippen molar-refractivity contribution in [1.82, 2.24) is 9.78 Å². The SMILES string of the molecule is CCc1cc(CC(O)c2cccc(C)c2C)n(CC)n1. The fourth-order valence-corrected chi connectivity index (χ4v) is 2.57. The van der Waals surface area contributed by atoms with E-state index in [0.29, 0.717) is 6.42 Å². The van der Waals surface area contributed by atoms with Gasteiger partial charge in [-0.15, -0.1) is 0 Å². The molecule has 1 aromatic heterocycles. The van der Waals surface area contributed by atoms with E-state index in [1.807, 2.05) is 16.8 Å². The van der Waals surface area contributed by atoms with Crippen molar-refractivity contribution in [3.8, 4) is 0 Å². The third-order valence-electron chi connectivity index (χ3n) is 3.98. The summed E-state index contributed by atoms with van der Waals surface area (Å²) in [5.41, 5.74) is 5.62. The molecule has 1 atom stereocenters. The molecular formula is C17H24N2O. The Morgan fingerprint density at radius 2 is 2.00 bits per heavy atom. The molecule has 1 N–H and O–H groups in total. The molecule has 0 aliphatic rings. The maximum absolute atomic E-state index is 10.5. The van der Waals surface area contributed by atoms with Gasteiger partial charge in [0.25, 0.3) is 0 Å². The van der Waals surface area contributed by atoms with E-state index in [1.54, 1.807) is 0 Å². The molecule has 0 aliphatic heterocycles. The molecule has 0 saturated carbocycles. The van der Waals surface area contributed by atoms with Gasteiger partial charge in [-0.3, -0.25) is 4.68 Å². The lowest BCUT2D eigenvalue weighted by atomic mass is 9.96. The minimum absolute atomic E-state index is 0.471. The standard InChI is InChI=1S/C17H24N2O/c1-5-14-10-15(19(6-2)18-14)11-17(20)16-9-7-8-12(3)13(16)4/h7-10,17,20H,5-6,11H2,1-4H3. The minimum Gasteiger partial charge on any atom is -0.388 e. The quantitative estimate of drug-likeness (QED) is 0.906. The summed E-state index contributed by atoms with van der Waals surface area (Å²) in [7, 11) is 0. The van der Waals surface area contributed by atoms with Crippen LogP contribution in [0.5, 0.6) is 0 Å². The van der Waals surface area contributed by atoms with Gasteiger partial charge in [-0.05, 0) is 49.9 Å². The molecule has 2 aromatic rings. The zero-order valence-corrected chi connectivity index (χ0v) is 12.8. The minimum atomic E-state index is -0.471. The van der Waals surface area contributed by atoms with Crippen LogP contribution < -0.4 is 0 Å². The van der Waals surface area contributed by atoms with Crippen LogP contribution in [0.4, 0.5) is 0 Å². The van der Waals surface area contributed by atoms with Gasteiger partial charge in [0.05, 0.1) is 11.8 Å². The molecule has 2 rings (SSSR count). The van der Waals surface area contributed by atoms with Crippen LogP contribution in [0, 0.1) is 13.8 Å². The van der Waals surface area contributed by atoms with E-state index in [-0.39, 0.29) is 0 Å². The fourth-order valence-electron chi connectivity index (χ4n) is 2.57. The van der Waals surface area contributed by atoms with Gasteiger partial charge in [-0.2, -0.15) is 5.10 Å². The van der Waals surface area contributed by atoms with Crippen LogP contribution in [-0.2, 0) is 19.4 Å². The van der Waals surface area contributed by atoms with E-state index >= 15 is 0 Å². The lowest BCUT2D eigenvalue weighted by Crippen LogP contribution is -2.09. The highest BCUT2D eigenvalue weighted by atomic mass is 16.3. The maximum Gasteiger partial charge on any atom is 0.0847 e. The number of hydrogen-bond acceptors (Lipinski definition) is 2. The lowest BCUT2D eigenvalue weighted by molar-refractivity contribution is 0.174. The Labute approximate surface area is 121 Å². The van der Waals surface area contributed by atoms with E-state index in [4.69, 9.17) is 0 Å². The van der Waals surface area contributed by atoms with Crippen LogP contribution in [0.15, 0.2) is 24.3 Å². The summed E-state index contributed by atoms with van der Waals surface area (Å²) >= 11 is 0. The Bertz CT molecular complexity index is 587. The Morgan fingerprint density at radius 1 is 1.25 bits per heavy atom. The second kappa shape index (κ2) is 6.23. The Morgan fingerprint density at radius 3 is 2.65 bits per heavy atom. The van der Waals surface area contributed by atoms with Crippen molar-refractivity contribution in [2.45, 2.75) is 53.2 Å². The number of benzene rings is 1. The zero-order chi connectivity index (χ0) is 14.7. The van der Waals surface area contributed by atoms with Crippen molar-refractivity contribution in [3.05, 3.63) is 52.3 Å². The zero-order valence-electron chi connectivity index (χ0n) is 12.8. The number of rotatable bonds is 5. The molecule has 20 heavy (non-hydrogen) atoms. The predicted octanol–water partition coefficient (Wildman–Crippen LogP) is 3.36. The van der Waals surface area contributed by atoms with Crippen LogP contribution in [0.25, 0.3) is 0 Å². The first-order valence-corrected chi connectivity index (χ1v) is 7.36. The number of nitrogens with zero attached hydrogens (tertiary/aromatic N) is 2. The van der Waals surface area contributed by atoms with Gasteiger partial charge in [0.2, 0.25) is 0 Å². The third kappa shape index (κ3) is 2.93. The van der Waals surface area contributed by atoms with Gasteiger partial charge in [0.1, 0.15) is 0 Å². The van der Waals surface area contributed by atoms with Crippen LogP contribution in [0.1, 0.15) is 48.0 Å². The van der Waals surface area contributed by atoms with E-state index in [9.17, 15) is 5.11 Å².